The van der Waals surface area contributed by atoms with E-state index in [-0.39, 0.29) is 24.2 Å². The lowest BCUT2D eigenvalue weighted by atomic mass is 10.2. The number of nitrogens with zero attached hydrogens (tertiary/aromatic N) is 1. The van der Waals surface area contributed by atoms with Gasteiger partial charge in [-0.05, 0) is 36.1 Å². The van der Waals surface area contributed by atoms with Gasteiger partial charge in [0.2, 0.25) is 0 Å². The number of benzene rings is 1. The maximum absolute atomic E-state index is 11.9. The van der Waals surface area contributed by atoms with Gasteiger partial charge in [-0.2, -0.15) is 0 Å². The second-order valence-electron chi connectivity index (χ2n) is 7.06. The number of aldehydes is 1. The van der Waals surface area contributed by atoms with Crippen molar-refractivity contribution in [3.8, 4) is 11.5 Å². The second-order valence-corrected chi connectivity index (χ2v) is 10.3. The van der Waals surface area contributed by atoms with Gasteiger partial charge in [-0.1, -0.05) is 6.07 Å². The van der Waals surface area contributed by atoms with E-state index >= 15 is 0 Å². The Labute approximate surface area is 174 Å². The van der Waals surface area contributed by atoms with Gasteiger partial charge in [-0.25, -0.2) is 8.42 Å². The van der Waals surface area contributed by atoms with Crippen LogP contribution in [0.2, 0.25) is 0 Å². The Morgan fingerprint density at radius 1 is 1.34 bits per heavy atom. The zero-order chi connectivity index (χ0) is 20.9. The van der Waals surface area contributed by atoms with Crippen molar-refractivity contribution in [3.05, 3.63) is 46.2 Å². The summed E-state index contributed by atoms with van der Waals surface area (Å²) < 4.78 is 34.8. The quantitative estimate of drug-likeness (QED) is 0.566. The molecule has 3 rings (SSSR count). The number of aliphatic hydroxyl groups is 1. The molecule has 1 fully saturated rings. The van der Waals surface area contributed by atoms with Crippen LogP contribution in [0.1, 0.15) is 21.7 Å². The molecule has 1 aliphatic heterocycles. The summed E-state index contributed by atoms with van der Waals surface area (Å²) in [6.45, 7) is 0.913. The molecule has 29 heavy (non-hydrogen) atoms. The minimum atomic E-state index is -3.02. The highest BCUT2D eigenvalue weighted by atomic mass is 32.2. The van der Waals surface area contributed by atoms with Gasteiger partial charge in [0.25, 0.3) is 0 Å². The first-order valence-electron chi connectivity index (χ1n) is 9.31. The molecule has 1 saturated heterocycles. The van der Waals surface area contributed by atoms with E-state index in [2.05, 4.69) is 0 Å². The summed E-state index contributed by atoms with van der Waals surface area (Å²) in [7, 11) is -1.54. The summed E-state index contributed by atoms with van der Waals surface area (Å²) in [4.78, 5) is 14.0. The van der Waals surface area contributed by atoms with Crippen LogP contribution in [0.5, 0.6) is 11.5 Å². The molecule has 2 aromatic rings. The van der Waals surface area contributed by atoms with E-state index in [9.17, 15) is 18.3 Å². The first-order chi connectivity index (χ1) is 13.9. The predicted octanol–water partition coefficient (Wildman–Crippen LogP) is 2.00. The number of aliphatic hydroxyl groups excluding tert-OH is 1. The Bertz CT molecular complexity index is 913. The number of ether oxygens (including phenoxy) is 2. The molecule has 7 nitrogen and oxygen atoms in total. The van der Waals surface area contributed by atoms with Gasteiger partial charge in [0.15, 0.2) is 21.3 Å². The van der Waals surface area contributed by atoms with E-state index in [1.165, 1.54) is 7.11 Å². The number of hydrogen-bond donors (Lipinski definition) is 1. The standard InChI is InChI=1S/C20H25NO6S2/c1-26-20-9-15(12-22)4-5-19(20)27-13-17(23)10-21(11-18-3-2-7-28-18)16-6-8-29(24,25)14-16/h2-5,7,9,12,16-17,23H,6,8,10-11,13-14H2,1H3. The van der Waals surface area contributed by atoms with E-state index in [4.69, 9.17) is 9.47 Å². The average molecular weight is 440 g/mol. The molecule has 1 aliphatic rings. The molecule has 1 aromatic heterocycles. The minimum Gasteiger partial charge on any atom is -0.493 e. The van der Waals surface area contributed by atoms with E-state index < -0.39 is 15.9 Å². The first kappa shape index (κ1) is 21.8. The van der Waals surface area contributed by atoms with Gasteiger partial charge in [0, 0.05) is 29.6 Å². The third-order valence-corrected chi connectivity index (χ3v) is 7.48. The van der Waals surface area contributed by atoms with Crippen LogP contribution in [-0.2, 0) is 16.4 Å². The van der Waals surface area contributed by atoms with Crippen LogP contribution in [0.3, 0.4) is 0 Å². The lowest BCUT2D eigenvalue weighted by Crippen LogP contribution is -2.42. The van der Waals surface area contributed by atoms with Gasteiger partial charge in [0.1, 0.15) is 19.0 Å². The molecular formula is C20H25NO6S2. The van der Waals surface area contributed by atoms with Crippen molar-refractivity contribution in [3.63, 3.8) is 0 Å². The van der Waals surface area contributed by atoms with Crippen molar-refractivity contribution < 1.29 is 27.8 Å². The molecule has 1 aromatic carbocycles. The molecule has 0 amide bonds. The van der Waals surface area contributed by atoms with Crippen LogP contribution in [-0.4, -0.2) is 68.6 Å². The molecule has 0 saturated carbocycles. The first-order valence-corrected chi connectivity index (χ1v) is 12.0. The molecule has 0 spiro atoms. The largest absolute Gasteiger partial charge is 0.493 e. The number of carbonyl (C=O) groups excluding carboxylic acids is 1. The van der Waals surface area contributed by atoms with Gasteiger partial charge < -0.3 is 14.6 Å². The molecular weight excluding hydrogens is 414 g/mol. The van der Waals surface area contributed by atoms with Crippen LogP contribution in [0.15, 0.2) is 35.7 Å². The fourth-order valence-corrected chi connectivity index (χ4v) is 5.89. The number of carbonyl (C=O) groups is 1. The zero-order valence-electron chi connectivity index (χ0n) is 16.2. The van der Waals surface area contributed by atoms with Gasteiger partial charge in [0.05, 0.1) is 18.6 Å². The summed E-state index contributed by atoms with van der Waals surface area (Å²) >= 11 is 1.61. The Morgan fingerprint density at radius 3 is 2.79 bits per heavy atom. The molecule has 9 heteroatoms. The van der Waals surface area contributed by atoms with Crippen molar-refractivity contribution in [2.24, 2.45) is 0 Å². The number of thiophene rings is 1. The molecule has 158 valence electrons. The second kappa shape index (κ2) is 9.71. The SMILES string of the molecule is COc1cc(C=O)ccc1OCC(O)CN(Cc1cccs1)C1CCS(=O)(=O)C1. The van der Waals surface area contributed by atoms with Crippen LogP contribution in [0, 0.1) is 0 Å². The lowest BCUT2D eigenvalue weighted by molar-refractivity contribution is 0.0521. The fraction of sp³-hybridized carbons (Fsp3) is 0.450. The summed E-state index contributed by atoms with van der Waals surface area (Å²) in [6.07, 6.45) is 0.482. The third kappa shape index (κ3) is 6.02. The van der Waals surface area contributed by atoms with Crippen molar-refractivity contribution in [1.82, 2.24) is 4.90 Å². The Hall–Kier alpha value is -1.94. The highest BCUT2D eigenvalue weighted by Crippen LogP contribution is 2.28. The van der Waals surface area contributed by atoms with Gasteiger partial charge in [-0.3, -0.25) is 9.69 Å². The number of rotatable bonds is 10. The van der Waals surface area contributed by atoms with Crippen molar-refractivity contribution in [1.29, 1.82) is 0 Å². The van der Waals surface area contributed by atoms with E-state index in [1.807, 2.05) is 22.4 Å². The topological polar surface area (TPSA) is 93.1 Å². The van der Waals surface area contributed by atoms with Gasteiger partial charge >= 0.3 is 0 Å². The lowest BCUT2D eigenvalue weighted by Gasteiger charge is -2.29. The maximum atomic E-state index is 11.9. The molecule has 0 aliphatic carbocycles. The average Bonchev–Trinajstić information content (AvgIpc) is 3.34. The molecule has 2 atom stereocenters. The third-order valence-electron chi connectivity index (χ3n) is 4.86. The summed E-state index contributed by atoms with van der Waals surface area (Å²) in [5.41, 5.74) is 0.472. The number of sulfone groups is 1. The van der Waals surface area contributed by atoms with Crippen LogP contribution in [0.25, 0.3) is 0 Å². The highest BCUT2D eigenvalue weighted by molar-refractivity contribution is 7.91. The van der Waals surface area contributed by atoms with Crippen LogP contribution in [0.4, 0.5) is 0 Å². The van der Waals surface area contributed by atoms with E-state index in [0.717, 1.165) is 11.2 Å². The molecule has 0 radical (unpaired) electrons. The number of methoxy groups -OCH3 is 1. The monoisotopic (exact) mass is 439 g/mol. The maximum Gasteiger partial charge on any atom is 0.161 e. The Morgan fingerprint density at radius 2 is 2.17 bits per heavy atom. The Kier molecular flexibility index (Phi) is 7.28. The van der Waals surface area contributed by atoms with Gasteiger partial charge in [-0.15, -0.1) is 11.3 Å². The van der Waals surface area contributed by atoms with Crippen LogP contribution < -0.4 is 9.47 Å². The highest BCUT2D eigenvalue weighted by Gasteiger charge is 2.33. The smallest absolute Gasteiger partial charge is 0.161 e. The summed E-state index contributed by atoms with van der Waals surface area (Å²) in [5.74, 6) is 1.16. The Balaban J connectivity index is 1.63. The van der Waals surface area contributed by atoms with E-state index in [0.29, 0.717) is 36.6 Å². The predicted molar refractivity (Wildman–Crippen MR) is 112 cm³/mol. The fourth-order valence-electron chi connectivity index (χ4n) is 3.39. The molecule has 1 N–H and O–H groups in total. The van der Waals surface area contributed by atoms with Crippen molar-refractivity contribution in [2.75, 3.05) is 31.8 Å². The number of hydrogen-bond acceptors (Lipinski definition) is 8. The molecule has 2 unspecified atom stereocenters. The van der Waals surface area contributed by atoms with Crippen LogP contribution >= 0.6 is 11.3 Å². The minimum absolute atomic E-state index is 0.0250. The summed E-state index contributed by atoms with van der Waals surface area (Å²) in [6, 6.07) is 8.66. The molecule has 0 bridgehead atoms. The van der Waals surface area contributed by atoms with Crippen molar-refractivity contribution in [2.45, 2.75) is 25.1 Å². The zero-order valence-corrected chi connectivity index (χ0v) is 17.8. The summed E-state index contributed by atoms with van der Waals surface area (Å²) in [5, 5.41) is 12.5. The van der Waals surface area contributed by atoms with Crippen molar-refractivity contribution >= 4 is 27.5 Å². The molecule has 2 heterocycles. The van der Waals surface area contributed by atoms with E-state index in [1.54, 1.807) is 29.5 Å². The normalized spacial score (nSPS) is 19.2.